The summed E-state index contributed by atoms with van der Waals surface area (Å²) < 4.78 is 21.9. The number of ether oxygens (including phenoxy) is 4. The summed E-state index contributed by atoms with van der Waals surface area (Å²) in [7, 11) is 0. The van der Waals surface area contributed by atoms with Gasteiger partial charge in [0.25, 0.3) is 0 Å². The van der Waals surface area contributed by atoms with E-state index in [1.54, 1.807) is 0 Å². The van der Waals surface area contributed by atoms with Crippen LogP contribution in [-0.2, 0) is 18.9 Å². The zero-order valence-electron chi connectivity index (χ0n) is 52.5. The molecule has 0 bridgehead atoms. The maximum atomic E-state index is 11.7. The molecule has 2 heterocycles. The molecule has 2 rings (SSSR count). The Morgan fingerprint density at radius 3 is 1.00 bits per heavy atom. The van der Waals surface area contributed by atoms with Gasteiger partial charge in [-0.2, -0.15) is 0 Å². The van der Waals surface area contributed by atoms with Gasteiger partial charge in [0.15, 0.2) is 12.6 Å². The molecule has 84 heavy (non-hydrogen) atoms. The van der Waals surface area contributed by atoms with Crippen molar-refractivity contribution in [1.82, 2.24) is 9.80 Å². The van der Waals surface area contributed by atoms with Crippen LogP contribution in [0.3, 0.4) is 0 Å². The standard InChI is InChI=1S/C64H124N2O18/c1-5-9-13-17-21-25-31-37-47(35-29-23-19-15-11-7-3)65(41-49(69)55(73)51(71)45-81-63-61(79)59(77)57(75)53(43-67)83-63)39-33-27-28-34-40-66(48(36-30-24-20-16-12-8-4)38-32-26-22-18-14-10-6-2)42-50(70)56(74)52(72)46-82-64-62(80)60(78)58(76)54(44-68)84-64/h37-38,49-64,67-80H,5-36,39-46H2,1-4H3/b47-37-,48-38-/t49-,50-,51-,52-,53-,54-,55+,56+,57+,58+,59+,60+,61-,62-,63-,64-/m1/s1. The molecule has 20 nitrogen and oxygen atoms in total. The maximum absolute atomic E-state index is 11.7. The smallest absolute Gasteiger partial charge is 0.186 e. The molecule has 0 amide bonds. The fourth-order valence-electron chi connectivity index (χ4n) is 11.2. The molecule has 0 aliphatic carbocycles. The van der Waals surface area contributed by atoms with E-state index in [2.05, 4.69) is 49.6 Å². The highest BCUT2D eigenvalue weighted by Crippen LogP contribution is 2.27. The van der Waals surface area contributed by atoms with Crippen LogP contribution in [0, 0.1) is 0 Å². The summed E-state index contributed by atoms with van der Waals surface area (Å²) in [5.41, 5.74) is 2.18. The third-order valence-electron chi connectivity index (χ3n) is 16.8. The van der Waals surface area contributed by atoms with Crippen LogP contribution in [0.1, 0.15) is 233 Å². The lowest BCUT2D eigenvalue weighted by atomic mass is 9.99. The zero-order chi connectivity index (χ0) is 62.1. The van der Waals surface area contributed by atoms with Crippen molar-refractivity contribution in [3.8, 4) is 0 Å². The van der Waals surface area contributed by atoms with Crippen LogP contribution < -0.4 is 0 Å². The summed E-state index contributed by atoms with van der Waals surface area (Å²) in [6.07, 6.45) is 13.3. The normalized spacial score (nSPS) is 25.6. The van der Waals surface area contributed by atoms with Gasteiger partial charge in [-0.25, -0.2) is 0 Å². The Balaban J connectivity index is 2.36. The summed E-state index contributed by atoms with van der Waals surface area (Å²) in [5.74, 6) is 0. The Kier molecular flexibility index (Phi) is 45.1. The first kappa shape index (κ1) is 78.5. The number of hydrogen-bond donors (Lipinski definition) is 14. The molecule has 0 saturated carbocycles. The van der Waals surface area contributed by atoms with Crippen LogP contribution in [0.25, 0.3) is 0 Å². The van der Waals surface area contributed by atoms with E-state index in [1.807, 2.05) is 0 Å². The molecule has 0 radical (unpaired) electrons. The SMILES string of the molecule is CCCCCCCC/C=C(/CCCCCCCC)N(CCCCCCN(C[C@@H](O)[C@H](O)[C@H](O)CO[C@@H]1O[C@H](CO)[C@H](O)[C@H](O)[C@H]1O)/C(=C\CCCCCCCC)CCCCCCCC)C[C@@H](O)[C@H](O)[C@H](O)CO[C@@H]1O[C@H](CO)[C@H](O)[C@H](O)[C@H]1O. The summed E-state index contributed by atoms with van der Waals surface area (Å²) in [4.78, 5) is 4.28. The third kappa shape index (κ3) is 31.2. The number of unbranched alkanes of at least 4 members (excludes halogenated alkanes) is 25. The fraction of sp³-hybridized carbons (Fsp3) is 0.938. The van der Waals surface area contributed by atoms with Gasteiger partial charge >= 0.3 is 0 Å². The first-order chi connectivity index (χ1) is 40.5. The number of aliphatic hydroxyl groups excluding tert-OH is 14. The summed E-state index contributed by atoms with van der Waals surface area (Å²) in [6.45, 7) is 7.50. The minimum absolute atomic E-state index is 0.0229. The van der Waals surface area contributed by atoms with E-state index in [4.69, 9.17) is 18.9 Å². The van der Waals surface area contributed by atoms with E-state index in [0.29, 0.717) is 13.1 Å². The van der Waals surface area contributed by atoms with Crippen molar-refractivity contribution in [2.24, 2.45) is 0 Å². The van der Waals surface area contributed by atoms with E-state index >= 15 is 0 Å². The molecule has 0 unspecified atom stereocenters. The topological polar surface area (TPSA) is 327 Å². The molecule has 0 aromatic carbocycles. The second-order valence-electron chi connectivity index (χ2n) is 24.2. The van der Waals surface area contributed by atoms with Crippen LogP contribution in [-0.4, -0.2) is 232 Å². The van der Waals surface area contributed by atoms with Crippen LogP contribution >= 0.6 is 0 Å². The largest absolute Gasteiger partial charge is 0.394 e. The van der Waals surface area contributed by atoms with E-state index in [1.165, 1.54) is 77.0 Å². The number of hydrogen-bond acceptors (Lipinski definition) is 20. The first-order valence-corrected chi connectivity index (χ1v) is 33.3. The van der Waals surface area contributed by atoms with Gasteiger partial charge in [-0.05, 0) is 64.2 Å². The van der Waals surface area contributed by atoms with Crippen molar-refractivity contribution < 1.29 is 90.4 Å². The molecule has 0 aromatic rings. The number of nitrogens with zero attached hydrogens (tertiary/aromatic N) is 2. The molecule has 0 spiro atoms. The van der Waals surface area contributed by atoms with E-state index in [0.717, 1.165) is 140 Å². The van der Waals surface area contributed by atoms with E-state index in [9.17, 15) is 71.5 Å². The van der Waals surface area contributed by atoms with Gasteiger partial charge in [-0.15, -0.1) is 0 Å². The second kappa shape index (κ2) is 48.2. The lowest BCUT2D eigenvalue weighted by Gasteiger charge is -2.40. The first-order valence-electron chi connectivity index (χ1n) is 33.3. The molecule has 16 atom stereocenters. The molecule has 14 N–H and O–H groups in total. The monoisotopic (exact) mass is 1210 g/mol. The molecule has 2 aliphatic rings. The average Bonchev–Trinajstić information content (AvgIpc) is 3.62. The Morgan fingerprint density at radius 2 is 0.679 bits per heavy atom. The highest BCUT2D eigenvalue weighted by atomic mass is 16.7. The van der Waals surface area contributed by atoms with Gasteiger partial charge in [-0.1, -0.05) is 181 Å². The number of rotatable bonds is 53. The van der Waals surface area contributed by atoms with E-state index < -0.39 is 124 Å². The van der Waals surface area contributed by atoms with Gasteiger partial charge in [0, 0.05) is 37.6 Å². The molecule has 498 valence electrons. The van der Waals surface area contributed by atoms with Gasteiger partial charge < -0.3 is 100 Å². The van der Waals surface area contributed by atoms with Crippen molar-refractivity contribution in [2.45, 2.75) is 331 Å². The Hall–Kier alpha value is -1.64. The molecule has 0 aromatic heterocycles. The Bertz CT molecular complexity index is 1500. The van der Waals surface area contributed by atoms with Gasteiger partial charge in [0.05, 0.1) is 38.6 Å². The van der Waals surface area contributed by atoms with Crippen molar-refractivity contribution in [3.05, 3.63) is 23.5 Å². The van der Waals surface area contributed by atoms with Crippen LogP contribution in [0.4, 0.5) is 0 Å². The Labute approximate surface area is 505 Å². The second-order valence-corrected chi connectivity index (χ2v) is 24.2. The third-order valence-corrected chi connectivity index (χ3v) is 16.8. The van der Waals surface area contributed by atoms with Gasteiger partial charge in [-0.3, -0.25) is 0 Å². The highest BCUT2D eigenvalue weighted by molar-refractivity contribution is 5.04. The minimum atomic E-state index is -1.70. The molecule has 2 aliphatic heterocycles. The minimum Gasteiger partial charge on any atom is -0.394 e. The molecular formula is C64H124N2O18. The number of allylic oxidation sites excluding steroid dienone is 4. The predicted octanol–water partition coefficient (Wildman–Crippen LogP) is 5.72. The zero-order valence-corrected chi connectivity index (χ0v) is 52.5. The molecule has 2 fully saturated rings. The Morgan fingerprint density at radius 1 is 0.381 bits per heavy atom. The lowest BCUT2D eigenvalue weighted by Crippen LogP contribution is -2.59. The number of aliphatic hydroxyl groups is 14. The van der Waals surface area contributed by atoms with Crippen molar-refractivity contribution in [2.75, 3.05) is 52.6 Å². The van der Waals surface area contributed by atoms with Crippen molar-refractivity contribution in [1.29, 1.82) is 0 Å². The van der Waals surface area contributed by atoms with Gasteiger partial charge in [0.1, 0.15) is 73.2 Å². The maximum Gasteiger partial charge on any atom is 0.186 e. The average molecular weight is 1210 g/mol. The molecular weight excluding hydrogens is 1080 g/mol. The quantitative estimate of drug-likeness (QED) is 0.0324. The van der Waals surface area contributed by atoms with E-state index in [-0.39, 0.29) is 13.1 Å². The summed E-state index contributed by atoms with van der Waals surface area (Å²) >= 11 is 0. The summed E-state index contributed by atoms with van der Waals surface area (Å²) in [5, 5.41) is 149. The van der Waals surface area contributed by atoms with Crippen LogP contribution in [0.5, 0.6) is 0 Å². The lowest BCUT2D eigenvalue weighted by molar-refractivity contribution is -0.306. The van der Waals surface area contributed by atoms with Crippen LogP contribution in [0.15, 0.2) is 23.5 Å². The highest BCUT2D eigenvalue weighted by Gasteiger charge is 2.46. The van der Waals surface area contributed by atoms with Crippen molar-refractivity contribution >= 4 is 0 Å². The van der Waals surface area contributed by atoms with Gasteiger partial charge in [0.2, 0.25) is 0 Å². The molecule has 20 heteroatoms. The van der Waals surface area contributed by atoms with Crippen molar-refractivity contribution in [3.63, 3.8) is 0 Å². The fourth-order valence-corrected chi connectivity index (χ4v) is 11.2. The summed E-state index contributed by atoms with van der Waals surface area (Å²) in [6, 6.07) is 0. The predicted molar refractivity (Wildman–Crippen MR) is 325 cm³/mol. The molecule has 2 saturated heterocycles. The van der Waals surface area contributed by atoms with Crippen LogP contribution in [0.2, 0.25) is 0 Å².